The summed E-state index contributed by atoms with van der Waals surface area (Å²) in [5, 5.41) is 2.93. The normalized spacial score (nSPS) is 13.7. The molecule has 1 saturated heterocycles. The molecule has 0 atom stereocenters. The van der Waals surface area contributed by atoms with Gasteiger partial charge in [0.1, 0.15) is 0 Å². The summed E-state index contributed by atoms with van der Waals surface area (Å²) >= 11 is 3.41. The molecule has 0 aliphatic carbocycles. The Labute approximate surface area is 190 Å². The molecule has 0 aromatic heterocycles. The maximum absolute atomic E-state index is 12.8. The molecule has 6 heteroatoms. The zero-order valence-electron chi connectivity index (χ0n) is 17.3. The van der Waals surface area contributed by atoms with Gasteiger partial charge in [0, 0.05) is 47.6 Å². The van der Waals surface area contributed by atoms with Gasteiger partial charge in [0.25, 0.3) is 11.8 Å². The van der Waals surface area contributed by atoms with Crippen molar-refractivity contribution in [3.63, 3.8) is 0 Å². The second-order valence-electron chi connectivity index (χ2n) is 7.58. The van der Waals surface area contributed by atoms with Crippen LogP contribution in [-0.4, -0.2) is 42.9 Å². The zero-order valence-corrected chi connectivity index (χ0v) is 18.9. The number of piperazine rings is 1. The Balaban J connectivity index is 1.35. The third-order valence-electron chi connectivity index (χ3n) is 5.55. The van der Waals surface area contributed by atoms with Crippen molar-refractivity contribution in [3.8, 4) is 0 Å². The van der Waals surface area contributed by atoms with Crippen molar-refractivity contribution >= 4 is 39.1 Å². The highest BCUT2D eigenvalue weighted by molar-refractivity contribution is 9.10. The fourth-order valence-corrected chi connectivity index (χ4v) is 4.22. The van der Waals surface area contributed by atoms with Crippen molar-refractivity contribution in [2.24, 2.45) is 0 Å². The molecule has 4 rings (SSSR count). The SMILES string of the molecule is Cc1ccccc1C(=O)N1CCN(c2ccc(NC(=O)c3ccccc3Br)cc2)CC1. The number of nitrogens with one attached hydrogen (secondary N) is 1. The fraction of sp³-hybridized carbons (Fsp3) is 0.200. The molecule has 3 aromatic carbocycles. The smallest absolute Gasteiger partial charge is 0.256 e. The summed E-state index contributed by atoms with van der Waals surface area (Å²) < 4.78 is 0.766. The lowest BCUT2D eigenvalue weighted by Crippen LogP contribution is -2.48. The first-order chi connectivity index (χ1) is 15.0. The average molecular weight is 478 g/mol. The second-order valence-corrected chi connectivity index (χ2v) is 8.43. The summed E-state index contributed by atoms with van der Waals surface area (Å²) in [5.41, 5.74) is 4.22. The van der Waals surface area contributed by atoms with Crippen LogP contribution in [0.1, 0.15) is 26.3 Å². The molecule has 0 saturated carbocycles. The van der Waals surface area contributed by atoms with E-state index in [1.807, 2.05) is 78.6 Å². The van der Waals surface area contributed by atoms with Crippen LogP contribution in [0.2, 0.25) is 0 Å². The van der Waals surface area contributed by atoms with E-state index in [1.165, 1.54) is 0 Å². The molecule has 2 amide bonds. The summed E-state index contributed by atoms with van der Waals surface area (Å²) in [7, 11) is 0. The van der Waals surface area contributed by atoms with E-state index in [1.54, 1.807) is 6.07 Å². The van der Waals surface area contributed by atoms with E-state index in [4.69, 9.17) is 0 Å². The Kier molecular flexibility index (Phi) is 6.37. The fourth-order valence-electron chi connectivity index (χ4n) is 3.75. The van der Waals surface area contributed by atoms with Crippen molar-refractivity contribution < 1.29 is 9.59 Å². The molecular weight excluding hydrogens is 454 g/mol. The lowest BCUT2D eigenvalue weighted by Gasteiger charge is -2.36. The maximum atomic E-state index is 12.8. The lowest BCUT2D eigenvalue weighted by atomic mass is 10.1. The van der Waals surface area contributed by atoms with E-state index in [2.05, 4.69) is 26.1 Å². The van der Waals surface area contributed by atoms with E-state index in [0.717, 1.165) is 40.1 Å². The molecule has 1 fully saturated rings. The van der Waals surface area contributed by atoms with E-state index in [-0.39, 0.29) is 11.8 Å². The largest absolute Gasteiger partial charge is 0.368 e. The van der Waals surface area contributed by atoms with E-state index >= 15 is 0 Å². The first-order valence-electron chi connectivity index (χ1n) is 10.3. The summed E-state index contributed by atoms with van der Waals surface area (Å²) in [6.07, 6.45) is 0. The summed E-state index contributed by atoms with van der Waals surface area (Å²) in [6, 6.07) is 22.9. The first kappa shape index (κ1) is 21.1. The predicted molar refractivity (Wildman–Crippen MR) is 128 cm³/mol. The van der Waals surface area contributed by atoms with Crippen LogP contribution in [0.4, 0.5) is 11.4 Å². The number of carbonyl (C=O) groups excluding carboxylic acids is 2. The number of benzene rings is 3. The predicted octanol–water partition coefficient (Wildman–Crippen LogP) is 4.97. The number of amides is 2. The molecule has 0 radical (unpaired) electrons. The third kappa shape index (κ3) is 4.80. The van der Waals surface area contributed by atoms with Crippen LogP contribution >= 0.6 is 15.9 Å². The van der Waals surface area contributed by atoms with Gasteiger partial charge in [-0.05, 0) is 70.9 Å². The van der Waals surface area contributed by atoms with Crippen LogP contribution in [0, 0.1) is 6.92 Å². The van der Waals surface area contributed by atoms with Crippen LogP contribution in [0.25, 0.3) is 0 Å². The molecule has 1 heterocycles. The van der Waals surface area contributed by atoms with Crippen molar-refractivity contribution in [1.82, 2.24) is 4.90 Å². The minimum atomic E-state index is -0.149. The summed E-state index contributed by atoms with van der Waals surface area (Å²) in [5.74, 6) is -0.0496. The average Bonchev–Trinajstić information content (AvgIpc) is 2.80. The number of halogens is 1. The lowest BCUT2D eigenvalue weighted by molar-refractivity contribution is 0.0746. The van der Waals surface area contributed by atoms with Crippen molar-refractivity contribution in [3.05, 3.63) is 94.0 Å². The number of aryl methyl sites for hydroxylation is 1. The van der Waals surface area contributed by atoms with Crippen LogP contribution in [-0.2, 0) is 0 Å². The Hall–Kier alpha value is -3.12. The highest BCUT2D eigenvalue weighted by Gasteiger charge is 2.23. The molecule has 1 aliphatic heterocycles. The van der Waals surface area contributed by atoms with Gasteiger partial charge < -0.3 is 15.1 Å². The van der Waals surface area contributed by atoms with Gasteiger partial charge in [0.15, 0.2) is 0 Å². The Morgan fingerprint density at radius 1 is 0.806 bits per heavy atom. The molecule has 0 bridgehead atoms. The molecule has 0 unspecified atom stereocenters. The van der Waals surface area contributed by atoms with Gasteiger partial charge in [0.2, 0.25) is 0 Å². The molecule has 0 spiro atoms. The van der Waals surface area contributed by atoms with Gasteiger partial charge in [-0.3, -0.25) is 9.59 Å². The van der Waals surface area contributed by atoms with Crippen molar-refractivity contribution in [2.45, 2.75) is 6.92 Å². The standard InChI is InChI=1S/C25H24BrN3O2/c1-18-6-2-3-7-21(18)25(31)29-16-14-28(15-17-29)20-12-10-19(11-13-20)27-24(30)22-8-4-5-9-23(22)26/h2-13H,14-17H2,1H3,(H,27,30). The molecular formula is C25H24BrN3O2. The molecule has 5 nitrogen and oxygen atoms in total. The highest BCUT2D eigenvalue weighted by Crippen LogP contribution is 2.22. The highest BCUT2D eigenvalue weighted by atomic mass is 79.9. The Bertz CT molecular complexity index is 1090. The maximum Gasteiger partial charge on any atom is 0.256 e. The molecule has 3 aromatic rings. The molecule has 31 heavy (non-hydrogen) atoms. The Morgan fingerprint density at radius 2 is 1.42 bits per heavy atom. The van der Waals surface area contributed by atoms with E-state index in [9.17, 15) is 9.59 Å². The van der Waals surface area contributed by atoms with Gasteiger partial charge in [-0.2, -0.15) is 0 Å². The number of nitrogens with zero attached hydrogens (tertiary/aromatic N) is 2. The first-order valence-corrected chi connectivity index (χ1v) is 11.1. The number of rotatable bonds is 4. The number of hydrogen-bond donors (Lipinski definition) is 1. The van der Waals surface area contributed by atoms with Crippen LogP contribution in [0.3, 0.4) is 0 Å². The molecule has 1 aliphatic rings. The second kappa shape index (κ2) is 9.35. The van der Waals surface area contributed by atoms with Crippen molar-refractivity contribution in [1.29, 1.82) is 0 Å². The monoisotopic (exact) mass is 477 g/mol. The zero-order chi connectivity index (χ0) is 21.8. The van der Waals surface area contributed by atoms with Gasteiger partial charge in [0.05, 0.1) is 5.56 Å². The van der Waals surface area contributed by atoms with E-state index < -0.39 is 0 Å². The molecule has 1 N–H and O–H groups in total. The molecule has 158 valence electrons. The third-order valence-corrected chi connectivity index (χ3v) is 6.24. The van der Waals surface area contributed by atoms with Crippen LogP contribution < -0.4 is 10.2 Å². The van der Waals surface area contributed by atoms with Crippen LogP contribution in [0.15, 0.2) is 77.3 Å². The quantitative estimate of drug-likeness (QED) is 0.576. The van der Waals surface area contributed by atoms with Crippen LogP contribution in [0.5, 0.6) is 0 Å². The summed E-state index contributed by atoms with van der Waals surface area (Å²) in [4.78, 5) is 29.5. The minimum absolute atomic E-state index is 0.0999. The van der Waals surface area contributed by atoms with Gasteiger partial charge >= 0.3 is 0 Å². The number of carbonyl (C=O) groups is 2. The number of anilines is 2. The van der Waals surface area contributed by atoms with Crippen molar-refractivity contribution in [2.75, 3.05) is 36.4 Å². The van der Waals surface area contributed by atoms with Gasteiger partial charge in [-0.25, -0.2) is 0 Å². The number of hydrogen-bond acceptors (Lipinski definition) is 3. The van der Waals surface area contributed by atoms with Gasteiger partial charge in [-0.15, -0.1) is 0 Å². The topological polar surface area (TPSA) is 52.7 Å². The van der Waals surface area contributed by atoms with Gasteiger partial charge in [-0.1, -0.05) is 30.3 Å². The summed E-state index contributed by atoms with van der Waals surface area (Å²) in [6.45, 7) is 4.91. The Morgan fingerprint density at radius 3 is 2.06 bits per heavy atom. The van der Waals surface area contributed by atoms with E-state index in [0.29, 0.717) is 18.7 Å². The minimum Gasteiger partial charge on any atom is -0.368 e.